The van der Waals surface area contributed by atoms with Crippen LogP contribution in [0.2, 0.25) is 0 Å². The topological polar surface area (TPSA) is 55.2 Å². The predicted octanol–water partition coefficient (Wildman–Crippen LogP) is 4.90. The maximum atomic E-state index is 12.8. The lowest BCUT2D eigenvalue weighted by atomic mass is 9.79. The van der Waals surface area contributed by atoms with Crippen LogP contribution < -0.4 is 4.74 Å². The van der Waals surface area contributed by atoms with Gasteiger partial charge >= 0.3 is 5.97 Å². The zero-order chi connectivity index (χ0) is 17.7. The highest BCUT2D eigenvalue weighted by atomic mass is 16.5. The van der Waals surface area contributed by atoms with Gasteiger partial charge < -0.3 is 14.1 Å². The van der Waals surface area contributed by atoms with Gasteiger partial charge in [-0.2, -0.15) is 0 Å². The van der Waals surface area contributed by atoms with Crippen molar-refractivity contribution in [2.75, 3.05) is 0 Å². The second-order valence-electron chi connectivity index (χ2n) is 6.64. The molecule has 0 amide bonds. The molecule has 2 atom stereocenters. The zero-order valence-corrected chi connectivity index (χ0v) is 14.2. The Bertz CT molecular complexity index is 1110. The van der Waals surface area contributed by atoms with Gasteiger partial charge in [-0.1, -0.05) is 36.4 Å². The Hall–Kier alpha value is -3.27. The highest BCUT2D eigenvalue weighted by molar-refractivity contribution is 5.91. The van der Waals surface area contributed by atoms with Crippen LogP contribution in [-0.4, -0.2) is 11.0 Å². The number of para-hydroxylation sites is 2. The van der Waals surface area contributed by atoms with Crippen molar-refractivity contribution in [3.05, 3.63) is 89.5 Å². The number of ether oxygens (including phenoxy) is 1. The standard InChI is InChI=1S/C22H17NO3/c1-13-19(14-7-2-4-9-16(14)23-13)21(18-11-6-12-25-18)20-15-8-3-5-10-17(15)26-22(20)24/h2-12,20-21,23H,1H3/t20-,21-/m0/s1. The van der Waals surface area contributed by atoms with Gasteiger partial charge in [-0.25, -0.2) is 0 Å². The van der Waals surface area contributed by atoms with E-state index in [1.807, 2.05) is 61.5 Å². The molecule has 0 bridgehead atoms. The monoisotopic (exact) mass is 343 g/mol. The highest BCUT2D eigenvalue weighted by Gasteiger charge is 2.43. The van der Waals surface area contributed by atoms with Crippen molar-refractivity contribution in [3.63, 3.8) is 0 Å². The summed E-state index contributed by atoms with van der Waals surface area (Å²) in [6, 6.07) is 19.6. The molecule has 5 rings (SSSR count). The molecule has 0 saturated carbocycles. The summed E-state index contributed by atoms with van der Waals surface area (Å²) < 4.78 is 11.3. The first-order valence-corrected chi connectivity index (χ1v) is 8.65. The number of fused-ring (bicyclic) bond motifs is 2. The molecule has 128 valence electrons. The minimum Gasteiger partial charge on any atom is -0.469 e. The molecular weight excluding hydrogens is 326 g/mol. The number of aromatic nitrogens is 1. The van der Waals surface area contributed by atoms with E-state index in [0.29, 0.717) is 5.75 Å². The van der Waals surface area contributed by atoms with E-state index in [1.165, 1.54) is 0 Å². The smallest absolute Gasteiger partial charge is 0.320 e. The molecule has 0 saturated heterocycles. The molecule has 0 fully saturated rings. The first kappa shape index (κ1) is 15.0. The second-order valence-corrected chi connectivity index (χ2v) is 6.64. The molecule has 2 aromatic carbocycles. The molecule has 0 aliphatic carbocycles. The Kier molecular flexibility index (Phi) is 3.25. The molecule has 1 aliphatic heterocycles. The number of benzene rings is 2. The summed E-state index contributed by atoms with van der Waals surface area (Å²) >= 11 is 0. The molecule has 1 N–H and O–H groups in total. The van der Waals surface area contributed by atoms with Gasteiger partial charge in [0, 0.05) is 22.2 Å². The Morgan fingerprint density at radius 1 is 1.00 bits per heavy atom. The number of nitrogens with one attached hydrogen (secondary N) is 1. The molecule has 4 heteroatoms. The number of H-pyrrole nitrogens is 1. The average Bonchev–Trinajstić information content (AvgIpc) is 3.35. The summed E-state index contributed by atoms with van der Waals surface area (Å²) in [4.78, 5) is 16.3. The van der Waals surface area contributed by atoms with Crippen LogP contribution in [0.25, 0.3) is 10.9 Å². The van der Waals surface area contributed by atoms with Gasteiger partial charge in [-0.15, -0.1) is 0 Å². The third kappa shape index (κ3) is 2.12. The summed E-state index contributed by atoms with van der Waals surface area (Å²) in [7, 11) is 0. The van der Waals surface area contributed by atoms with Crippen molar-refractivity contribution in [2.45, 2.75) is 18.8 Å². The van der Waals surface area contributed by atoms with Crippen molar-refractivity contribution in [1.29, 1.82) is 0 Å². The molecule has 0 spiro atoms. The third-order valence-electron chi connectivity index (χ3n) is 5.16. The third-order valence-corrected chi connectivity index (χ3v) is 5.16. The van der Waals surface area contributed by atoms with E-state index in [9.17, 15) is 4.79 Å². The van der Waals surface area contributed by atoms with Crippen molar-refractivity contribution < 1.29 is 13.9 Å². The zero-order valence-electron chi connectivity index (χ0n) is 14.2. The number of esters is 1. The van der Waals surface area contributed by atoms with E-state index >= 15 is 0 Å². The quantitative estimate of drug-likeness (QED) is 0.425. The first-order valence-electron chi connectivity index (χ1n) is 8.65. The highest BCUT2D eigenvalue weighted by Crippen LogP contribution is 2.48. The number of hydrogen-bond donors (Lipinski definition) is 1. The summed E-state index contributed by atoms with van der Waals surface area (Å²) in [6.07, 6.45) is 1.65. The summed E-state index contributed by atoms with van der Waals surface area (Å²) in [5, 5.41) is 1.10. The van der Waals surface area contributed by atoms with Gasteiger partial charge in [0.25, 0.3) is 0 Å². The molecule has 1 aliphatic rings. The van der Waals surface area contributed by atoms with Gasteiger partial charge in [0.05, 0.1) is 18.1 Å². The van der Waals surface area contributed by atoms with Crippen LogP contribution in [0.4, 0.5) is 0 Å². The van der Waals surface area contributed by atoms with Gasteiger partial charge in [0.2, 0.25) is 0 Å². The van der Waals surface area contributed by atoms with Gasteiger partial charge in [0.15, 0.2) is 0 Å². The molecular formula is C22H17NO3. The fourth-order valence-electron chi connectivity index (χ4n) is 4.09. The van der Waals surface area contributed by atoms with E-state index in [-0.39, 0.29) is 11.9 Å². The van der Waals surface area contributed by atoms with Crippen molar-refractivity contribution in [2.24, 2.45) is 0 Å². The number of furan rings is 1. The molecule has 3 heterocycles. The molecule has 4 aromatic rings. The van der Waals surface area contributed by atoms with E-state index in [0.717, 1.165) is 33.5 Å². The van der Waals surface area contributed by atoms with Crippen LogP contribution in [0, 0.1) is 6.92 Å². The van der Waals surface area contributed by atoms with E-state index in [2.05, 4.69) is 11.1 Å². The molecule has 2 aromatic heterocycles. The maximum Gasteiger partial charge on any atom is 0.320 e. The number of hydrogen-bond acceptors (Lipinski definition) is 3. The van der Waals surface area contributed by atoms with E-state index < -0.39 is 5.92 Å². The lowest BCUT2D eigenvalue weighted by Gasteiger charge is -2.20. The van der Waals surface area contributed by atoms with Gasteiger partial charge in [0.1, 0.15) is 11.5 Å². The van der Waals surface area contributed by atoms with Crippen molar-refractivity contribution in [1.82, 2.24) is 4.98 Å². The van der Waals surface area contributed by atoms with Crippen LogP contribution in [-0.2, 0) is 4.79 Å². The fourth-order valence-corrected chi connectivity index (χ4v) is 4.09. The second kappa shape index (κ2) is 5.63. The predicted molar refractivity (Wildman–Crippen MR) is 98.4 cm³/mol. The SMILES string of the molecule is Cc1[nH]c2ccccc2c1[C@H](c1ccco1)[C@H]1C(=O)Oc2ccccc21. The van der Waals surface area contributed by atoms with E-state index in [1.54, 1.807) is 6.26 Å². The lowest BCUT2D eigenvalue weighted by Crippen LogP contribution is -2.20. The molecule has 0 unspecified atom stereocenters. The van der Waals surface area contributed by atoms with Crippen LogP contribution in [0.15, 0.2) is 71.3 Å². The fraction of sp³-hybridized carbons (Fsp3) is 0.136. The van der Waals surface area contributed by atoms with Crippen LogP contribution in [0.5, 0.6) is 5.75 Å². The van der Waals surface area contributed by atoms with Crippen LogP contribution >= 0.6 is 0 Å². The summed E-state index contributed by atoms with van der Waals surface area (Å²) in [5.41, 5.74) is 4.07. The Morgan fingerprint density at radius 2 is 1.81 bits per heavy atom. The molecule has 0 radical (unpaired) electrons. The van der Waals surface area contributed by atoms with Gasteiger partial charge in [-0.05, 0) is 36.8 Å². The summed E-state index contributed by atoms with van der Waals surface area (Å²) in [6.45, 7) is 2.04. The molecule has 4 nitrogen and oxygen atoms in total. The largest absolute Gasteiger partial charge is 0.469 e. The van der Waals surface area contributed by atoms with Crippen LogP contribution in [0.1, 0.15) is 34.4 Å². The van der Waals surface area contributed by atoms with Crippen molar-refractivity contribution in [3.8, 4) is 5.75 Å². The van der Waals surface area contributed by atoms with Gasteiger partial charge in [-0.3, -0.25) is 4.79 Å². The van der Waals surface area contributed by atoms with Crippen molar-refractivity contribution >= 4 is 16.9 Å². The number of aryl methyl sites for hydroxylation is 1. The lowest BCUT2D eigenvalue weighted by molar-refractivity contribution is -0.134. The van der Waals surface area contributed by atoms with Crippen LogP contribution in [0.3, 0.4) is 0 Å². The van der Waals surface area contributed by atoms with E-state index in [4.69, 9.17) is 9.15 Å². The minimum atomic E-state index is -0.435. The number of aromatic amines is 1. The average molecular weight is 343 g/mol. The Balaban J connectivity index is 1.78. The number of rotatable bonds is 3. The normalized spacial score (nSPS) is 17.3. The number of carbonyl (C=O) groups excluding carboxylic acids is 1. The number of carbonyl (C=O) groups is 1. The summed E-state index contributed by atoms with van der Waals surface area (Å²) in [5.74, 6) is 0.470. The Labute approximate surface area is 150 Å². The maximum absolute atomic E-state index is 12.8. The first-order chi connectivity index (χ1) is 12.7. The molecule has 26 heavy (non-hydrogen) atoms. The minimum absolute atomic E-state index is 0.239. The Morgan fingerprint density at radius 3 is 2.65 bits per heavy atom.